The second-order valence-corrected chi connectivity index (χ2v) is 5.25. The molecule has 0 spiro atoms. The Labute approximate surface area is 126 Å². The average Bonchev–Trinajstić information content (AvgIpc) is 2.43. The van der Waals surface area contributed by atoms with E-state index in [-0.39, 0.29) is 11.8 Å². The van der Waals surface area contributed by atoms with Crippen LogP contribution in [-0.4, -0.2) is 25.0 Å². The van der Waals surface area contributed by atoms with E-state index in [9.17, 15) is 9.59 Å². The minimum Gasteiger partial charge on any atom is -0.381 e. The van der Waals surface area contributed by atoms with Crippen LogP contribution in [0.2, 0.25) is 0 Å². The number of anilines is 2. The summed E-state index contributed by atoms with van der Waals surface area (Å²) in [5, 5.41) is 5.55. The number of nitrogens with one attached hydrogen (secondary N) is 2. The monoisotopic (exact) mass is 292 g/mol. The highest BCUT2D eigenvalue weighted by Gasteiger charge is 2.05. The van der Waals surface area contributed by atoms with Gasteiger partial charge in [-0.05, 0) is 24.1 Å². The Bertz CT molecular complexity index is 472. The van der Waals surface area contributed by atoms with Gasteiger partial charge >= 0.3 is 0 Å². The highest BCUT2D eigenvalue weighted by molar-refractivity contribution is 5.93. The molecule has 2 amide bonds. The molecule has 1 aromatic carbocycles. The van der Waals surface area contributed by atoms with E-state index in [4.69, 9.17) is 4.74 Å². The summed E-state index contributed by atoms with van der Waals surface area (Å²) in [6.07, 6.45) is 0.738. The van der Waals surface area contributed by atoms with Crippen LogP contribution in [0.1, 0.15) is 33.6 Å². The number of hydrogen-bond acceptors (Lipinski definition) is 3. The number of ether oxygens (including phenoxy) is 1. The van der Waals surface area contributed by atoms with E-state index in [2.05, 4.69) is 24.5 Å². The lowest BCUT2D eigenvalue weighted by Gasteiger charge is -2.09. The number of amides is 2. The van der Waals surface area contributed by atoms with Gasteiger partial charge in [-0.3, -0.25) is 9.59 Å². The van der Waals surface area contributed by atoms with E-state index >= 15 is 0 Å². The third kappa shape index (κ3) is 7.46. The first-order valence-corrected chi connectivity index (χ1v) is 7.28. The normalized spacial score (nSPS) is 10.5. The van der Waals surface area contributed by atoms with Crippen LogP contribution in [-0.2, 0) is 14.3 Å². The van der Waals surface area contributed by atoms with Gasteiger partial charge in [-0.25, -0.2) is 0 Å². The van der Waals surface area contributed by atoms with Crippen molar-refractivity contribution in [1.82, 2.24) is 0 Å². The molecule has 0 bridgehead atoms. The van der Waals surface area contributed by atoms with E-state index in [1.165, 1.54) is 0 Å². The molecule has 0 aliphatic carbocycles. The minimum atomic E-state index is -0.0993. The lowest BCUT2D eigenvalue weighted by Crippen LogP contribution is -2.15. The summed E-state index contributed by atoms with van der Waals surface area (Å²) in [5.74, 6) is 0.310. The molecule has 1 rings (SSSR count). The Morgan fingerprint density at radius 3 is 2.33 bits per heavy atom. The molecule has 0 atom stereocenters. The van der Waals surface area contributed by atoms with Crippen molar-refractivity contribution in [1.29, 1.82) is 0 Å². The summed E-state index contributed by atoms with van der Waals surface area (Å²) < 4.78 is 5.38. The van der Waals surface area contributed by atoms with Crippen LogP contribution < -0.4 is 10.6 Å². The zero-order valence-electron chi connectivity index (χ0n) is 12.9. The molecule has 0 aliphatic heterocycles. The van der Waals surface area contributed by atoms with Gasteiger partial charge in [-0.1, -0.05) is 26.8 Å². The zero-order chi connectivity index (χ0) is 15.7. The van der Waals surface area contributed by atoms with Gasteiger partial charge in [0.05, 0.1) is 13.0 Å². The molecule has 0 heterocycles. The molecule has 0 fully saturated rings. The molecule has 21 heavy (non-hydrogen) atoms. The topological polar surface area (TPSA) is 67.4 Å². The molecule has 0 aliphatic rings. The summed E-state index contributed by atoms with van der Waals surface area (Å²) >= 11 is 0. The van der Waals surface area contributed by atoms with Crippen molar-refractivity contribution >= 4 is 23.2 Å². The third-order valence-electron chi connectivity index (χ3n) is 2.68. The van der Waals surface area contributed by atoms with Gasteiger partial charge in [0, 0.05) is 24.4 Å². The van der Waals surface area contributed by atoms with E-state index in [1.807, 2.05) is 0 Å². The molecule has 0 saturated heterocycles. The molecule has 116 valence electrons. The minimum absolute atomic E-state index is 0.0550. The van der Waals surface area contributed by atoms with Gasteiger partial charge < -0.3 is 15.4 Å². The standard InChI is InChI=1S/C16H24N2O3/c1-4-15(19)17-13-6-5-7-14(10-13)18-16(20)8-9-21-11-12(2)3/h5-7,10,12H,4,8-9,11H2,1-3H3,(H,17,19)(H,18,20). The van der Waals surface area contributed by atoms with Crippen LogP contribution in [0, 0.1) is 5.92 Å². The lowest BCUT2D eigenvalue weighted by atomic mass is 10.2. The second-order valence-electron chi connectivity index (χ2n) is 5.25. The van der Waals surface area contributed by atoms with E-state index in [0.717, 1.165) is 0 Å². The van der Waals surface area contributed by atoms with E-state index in [0.29, 0.717) is 43.3 Å². The molecule has 5 heteroatoms. The van der Waals surface area contributed by atoms with Crippen LogP contribution >= 0.6 is 0 Å². The van der Waals surface area contributed by atoms with Crippen molar-refractivity contribution in [3.05, 3.63) is 24.3 Å². The third-order valence-corrected chi connectivity index (χ3v) is 2.68. The number of rotatable bonds is 8. The smallest absolute Gasteiger partial charge is 0.226 e. The van der Waals surface area contributed by atoms with Gasteiger partial charge in [-0.2, -0.15) is 0 Å². The van der Waals surface area contributed by atoms with E-state index < -0.39 is 0 Å². The quantitative estimate of drug-likeness (QED) is 0.724. The number of carbonyl (C=O) groups is 2. The predicted molar refractivity (Wildman–Crippen MR) is 84.3 cm³/mol. The van der Waals surface area contributed by atoms with Gasteiger partial charge in [0.2, 0.25) is 11.8 Å². The van der Waals surface area contributed by atoms with E-state index in [1.54, 1.807) is 31.2 Å². The van der Waals surface area contributed by atoms with Gasteiger partial charge in [-0.15, -0.1) is 0 Å². The van der Waals surface area contributed by atoms with Crippen molar-refractivity contribution in [2.45, 2.75) is 33.6 Å². The van der Waals surface area contributed by atoms with Crippen molar-refractivity contribution in [2.24, 2.45) is 5.92 Å². The summed E-state index contributed by atoms with van der Waals surface area (Å²) in [6, 6.07) is 7.10. The first-order chi connectivity index (χ1) is 10.0. The van der Waals surface area contributed by atoms with Crippen molar-refractivity contribution in [3.8, 4) is 0 Å². The maximum absolute atomic E-state index is 11.8. The predicted octanol–water partition coefficient (Wildman–Crippen LogP) is 3.04. The van der Waals surface area contributed by atoms with Crippen LogP contribution in [0.4, 0.5) is 11.4 Å². The molecule has 0 aromatic heterocycles. The molecule has 5 nitrogen and oxygen atoms in total. The van der Waals surface area contributed by atoms with Crippen molar-refractivity contribution in [3.63, 3.8) is 0 Å². The van der Waals surface area contributed by atoms with Crippen molar-refractivity contribution in [2.75, 3.05) is 23.8 Å². The fourth-order valence-electron chi connectivity index (χ4n) is 1.63. The fourth-order valence-corrected chi connectivity index (χ4v) is 1.63. The number of hydrogen-bond donors (Lipinski definition) is 2. The van der Waals surface area contributed by atoms with Gasteiger partial charge in [0.25, 0.3) is 0 Å². The molecular formula is C16H24N2O3. The largest absolute Gasteiger partial charge is 0.381 e. The summed E-state index contributed by atoms with van der Waals surface area (Å²) in [4.78, 5) is 23.1. The Morgan fingerprint density at radius 1 is 1.14 bits per heavy atom. The molecule has 0 radical (unpaired) electrons. The average molecular weight is 292 g/mol. The number of benzene rings is 1. The molecule has 0 unspecified atom stereocenters. The van der Waals surface area contributed by atoms with Crippen LogP contribution in [0.5, 0.6) is 0 Å². The Balaban J connectivity index is 2.41. The van der Waals surface area contributed by atoms with Crippen LogP contribution in [0.15, 0.2) is 24.3 Å². The maximum Gasteiger partial charge on any atom is 0.226 e. The lowest BCUT2D eigenvalue weighted by molar-refractivity contribution is -0.117. The highest BCUT2D eigenvalue weighted by Crippen LogP contribution is 2.15. The number of carbonyl (C=O) groups excluding carboxylic acids is 2. The molecular weight excluding hydrogens is 268 g/mol. The Kier molecular flexibility index (Phi) is 7.46. The van der Waals surface area contributed by atoms with Crippen LogP contribution in [0.25, 0.3) is 0 Å². The van der Waals surface area contributed by atoms with Gasteiger partial charge in [0.15, 0.2) is 0 Å². The van der Waals surface area contributed by atoms with Crippen molar-refractivity contribution < 1.29 is 14.3 Å². The zero-order valence-corrected chi connectivity index (χ0v) is 12.9. The first-order valence-electron chi connectivity index (χ1n) is 7.28. The van der Waals surface area contributed by atoms with Gasteiger partial charge in [0.1, 0.15) is 0 Å². The Morgan fingerprint density at radius 2 is 1.76 bits per heavy atom. The first kappa shape index (κ1) is 17.2. The summed E-state index contributed by atoms with van der Waals surface area (Å²) in [7, 11) is 0. The Hall–Kier alpha value is -1.88. The fraction of sp³-hybridized carbons (Fsp3) is 0.500. The SMILES string of the molecule is CCC(=O)Nc1cccc(NC(=O)CCOCC(C)C)c1. The summed E-state index contributed by atoms with van der Waals surface area (Å²) in [6.45, 7) is 6.99. The highest BCUT2D eigenvalue weighted by atomic mass is 16.5. The molecule has 2 N–H and O–H groups in total. The molecule has 0 saturated carbocycles. The van der Waals surface area contributed by atoms with Crippen LogP contribution in [0.3, 0.4) is 0 Å². The maximum atomic E-state index is 11.8. The second kappa shape index (κ2) is 9.13. The summed E-state index contributed by atoms with van der Waals surface area (Å²) in [5.41, 5.74) is 1.34. The molecule has 1 aromatic rings.